The molecule has 0 fully saturated rings. The van der Waals surface area contributed by atoms with Crippen molar-refractivity contribution in [2.45, 2.75) is 19.6 Å². The molecule has 4 nitrogen and oxygen atoms in total. The predicted octanol–water partition coefficient (Wildman–Crippen LogP) is -0.184. The van der Waals surface area contributed by atoms with Gasteiger partial charge in [-0.2, -0.15) is 0 Å². The molecule has 2 N–H and O–H groups in total. The smallest absolute Gasteiger partial charge is 0.329 e. The highest BCUT2D eigenvalue weighted by Crippen LogP contribution is 1.90. The Labute approximate surface area is 53.1 Å². The molecule has 0 heterocycles. The van der Waals surface area contributed by atoms with E-state index in [9.17, 15) is 4.79 Å². The largest absolute Gasteiger partial charge is 0.480 e. The van der Waals surface area contributed by atoms with Crippen LogP contribution < -0.4 is 0 Å². The Hall–Kier alpha value is -0.610. The van der Waals surface area contributed by atoms with Gasteiger partial charge in [-0.1, -0.05) is 6.92 Å². The zero-order valence-corrected chi connectivity index (χ0v) is 5.20. The van der Waals surface area contributed by atoms with Crippen LogP contribution in [0.15, 0.2) is 0 Å². The Morgan fingerprint density at radius 1 is 1.78 bits per heavy atom. The Bertz CT molecular complexity index is 91.0. The number of rotatable bonds is 4. The van der Waals surface area contributed by atoms with Crippen LogP contribution in [-0.2, 0) is 9.53 Å². The minimum absolute atomic E-state index is 0.410. The molecule has 0 rings (SSSR count). The Morgan fingerprint density at radius 2 is 2.33 bits per heavy atom. The number of aliphatic hydroxyl groups is 1. The molecule has 0 aromatic carbocycles. The molecule has 1 atom stereocenters. The monoisotopic (exact) mass is 134 g/mol. The maximum atomic E-state index is 9.78. The summed E-state index contributed by atoms with van der Waals surface area (Å²) in [6, 6.07) is 0. The summed E-state index contributed by atoms with van der Waals surface area (Å²) in [5.74, 6) is -1.07. The fourth-order valence-corrected chi connectivity index (χ4v) is 0.285. The van der Waals surface area contributed by atoms with Crippen molar-refractivity contribution in [3.63, 3.8) is 0 Å². The summed E-state index contributed by atoms with van der Waals surface area (Å²) in [7, 11) is 0. The lowest BCUT2D eigenvalue weighted by Gasteiger charge is -2.05. The molecular weight excluding hydrogens is 124 g/mol. The van der Waals surface area contributed by atoms with Gasteiger partial charge >= 0.3 is 5.97 Å². The Morgan fingerprint density at radius 3 is 2.67 bits per heavy atom. The number of hydrogen-bond acceptors (Lipinski definition) is 3. The SMILES string of the molecule is CCC(O)OCC(=O)O. The average molecular weight is 134 g/mol. The number of aliphatic hydroxyl groups excluding tert-OH is 1. The van der Waals surface area contributed by atoms with Crippen LogP contribution in [0.5, 0.6) is 0 Å². The molecule has 0 saturated heterocycles. The fraction of sp³-hybridized carbons (Fsp3) is 0.800. The second-order valence-electron chi connectivity index (χ2n) is 1.57. The summed E-state index contributed by atoms with van der Waals surface area (Å²) < 4.78 is 4.41. The summed E-state index contributed by atoms with van der Waals surface area (Å²) >= 11 is 0. The summed E-state index contributed by atoms with van der Waals surface area (Å²) in [6.07, 6.45) is -0.533. The van der Waals surface area contributed by atoms with Crippen molar-refractivity contribution < 1.29 is 19.7 Å². The van der Waals surface area contributed by atoms with E-state index in [0.29, 0.717) is 6.42 Å². The Kier molecular flexibility index (Phi) is 4.00. The molecule has 0 aromatic rings. The van der Waals surface area contributed by atoms with Crippen molar-refractivity contribution in [2.75, 3.05) is 6.61 Å². The van der Waals surface area contributed by atoms with E-state index in [-0.39, 0.29) is 0 Å². The van der Waals surface area contributed by atoms with Gasteiger partial charge in [0.2, 0.25) is 0 Å². The predicted molar refractivity (Wildman–Crippen MR) is 29.9 cm³/mol. The molecule has 9 heavy (non-hydrogen) atoms. The van der Waals surface area contributed by atoms with Gasteiger partial charge in [0.05, 0.1) is 0 Å². The summed E-state index contributed by atoms with van der Waals surface area (Å²) in [6.45, 7) is 1.27. The minimum atomic E-state index is -1.07. The van der Waals surface area contributed by atoms with Crippen LogP contribution in [0.25, 0.3) is 0 Å². The van der Waals surface area contributed by atoms with E-state index in [1.807, 2.05) is 0 Å². The lowest BCUT2D eigenvalue weighted by Crippen LogP contribution is -2.16. The second-order valence-corrected chi connectivity index (χ2v) is 1.57. The van der Waals surface area contributed by atoms with Gasteiger partial charge in [0.25, 0.3) is 0 Å². The number of ether oxygens (including phenoxy) is 1. The molecule has 1 unspecified atom stereocenters. The van der Waals surface area contributed by atoms with E-state index in [2.05, 4.69) is 4.74 Å². The lowest BCUT2D eigenvalue weighted by molar-refractivity contribution is -0.156. The van der Waals surface area contributed by atoms with Crippen LogP contribution in [-0.4, -0.2) is 29.1 Å². The van der Waals surface area contributed by atoms with Gasteiger partial charge < -0.3 is 14.9 Å². The summed E-state index contributed by atoms with van der Waals surface area (Å²) in [5, 5.41) is 16.6. The summed E-state index contributed by atoms with van der Waals surface area (Å²) in [5.41, 5.74) is 0. The molecule has 4 heteroatoms. The third-order valence-electron chi connectivity index (χ3n) is 0.748. The first kappa shape index (κ1) is 8.39. The van der Waals surface area contributed by atoms with Gasteiger partial charge in [0.1, 0.15) is 6.61 Å². The van der Waals surface area contributed by atoms with Crippen molar-refractivity contribution >= 4 is 5.97 Å². The van der Waals surface area contributed by atoms with Gasteiger partial charge in [0.15, 0.2) is 6.29 Å². The number of aliphatic carboxylic acids is 1. The molecule has 0 aliphatic heterocycles. The highest BCUT2D eigenvalue weighted by atomic mass is 16.6. The number of carboxylic acids is 1. The zero-order valence-electron chi connectivity index (χ0n) is 5.20. The Balaban J connectivity index is 3.16. The standard InChI is InChI=1S/C5H10O4/c1-2-5(8)9-3-4(6)7/h5,8H,2-3H2,1H3,(H,6,7). The molecule has 0 saturated carbocycles. The maximum absolute atomic E-state index is 9.78. The molecule has 0 aromatic heterocycles. The van der Waals surface area contributed by atoms with Gasteiger partial charge in [-0.15, -0.1) is 0 Å². The van der Waals surface area contributed by atoms with E-state index in [4.69, 9.17) is 10.2 Å². The average Bonchev–Trinajstić information content (AvgIpc) is 1.83. The first-order valence-corrected chi connectivity index (χ1v) is 2.68. The summed E-state index contributed by atoms with van der Waals surface area (Å²) in [4.78, 5) is 9.78. The number of hydrogen-bond donors (Lipinski definition) is 2. The molecule has 0 bridgehead atoms. The van der Waals surface area contributed by atoms with Crippen molar-refractivity contribution in [3.05, 3.63) is 0 Å². The van der Waals surface area contributed by atoms with E-state index in [0.717, 1.165) is 0 Å². The minimum Gasteiger partial charge on any atom is -0.480 e. The van der Waals surface area contributed by atoms with E-state index in [1.54, 1.807) is 6.92 Å². The van der Waals surface area contributed by atoms with Crippen LogP contribution in [0.1, 0.15) is 13.3 Å². The molecular formula is C5H10O4. The second kappa shape index (κ2) is 4.29. The highest BCUT2D eigenvalue weighted by molar-refractivity contribution is 5.67. The maximum Gasteiger partial charge on any atom is 0.329 e. The van der Waals surface area contributed by atoms with Crippen LogP contribution in [0.2, 0.25) is 0 Å². The fourth-order valence-electron chi connectivity index (χ4n) is 0.285. The van der Waals surface area contributed by atoms with Crippen molar-refractivity contribution in [3.8, 4) is 0 Å². The van der Waals surface area contributed by atoms with Crippen LogP contribution in [0.3, 0.4) is 0 Å². The molecule has 0 aliphatic carbocycles. The zero-order chi connectivity index (χ0) is 7.28. The molecule has 0 aliphatic rings. The van der Waals surface area contributed by atoms with Gasteiger partial charge in [-0.05, 0) is 6.42 Å². The molecule has 54 valence electrons. The van der Waals surface area contributed by atoms with Crippen molar-refractivity contribution in [1.82, 2.24) is 0 Å². The molecule has 0 spiro atoms. The van der Waals surface area contributed by atoms with Gasteiger partial charge in [-0.3, -0.25) is 0 Å². The third kappa shape index (κ3) is 5.26. The topological polar surface area (TPSA) is 66.8 Å². The van der Waals surface area contributed by atoms with Crippen molar-refractivity contribution in [2.24, 2.45) is 0 Å². The number of carboxylic acid groups (broad SMARTS) is 1. The van der Waals surface area contributed by atoms with E-state index in [1.165, 1.54) is 0 Å². The first-order valence-electron chi connectivity index (χ1n) is 2.68. The number of carbonyl (C=O) groups is 1. The first-order chi connectivity index (χ1) is 4.16. The van der Waals surface area contributed by atoms with Crippen LogP contribution >= 0.6 is 0 Å². The van der Waals surface area contributed by atoms with Gasteiger partial charge in [0, 0.05) is 0 Å². The quantitative estimate of drug-likeness (QED) is 0.523. The van der Waals surface area contributed by atoms with Crippen LogP contribution in [0.4, 0.5) is 0 Å². The lowest BCUT2D eigenvalue weighted by atomic mass is 10.5. The highest BCUT2D eigenvalue weighted by Gasteiger charge is 2.02. The van der Waals surface area contributed by atoms with Gasteiger partial charge in [-0.25, -0.2) is 4.79 Å². The van der Waals surface area contributed by atoms with E-state index >= 15 is 0 Å². The molecule has 0 radical (unpaired) electrons. The normalized spacial score (nSPS) is 13.1. The molecule has 0 amide bonds. The van der Waals surface area contributed by atoms with E-state index < -0.39 is 18.9 Å². The third-order valence-corrected chi connectivity index (χ3v) is 0.748. The van der Waals surface area contributed by atoms with Crippen LogP contribution in [0, 0.1) is 0 Å². The van der Waals surface area contributed by atoms with Crippen molar-refractivity contribution in [1.29, 1.82) is 0 Å².